The van der Waals surface area contributed by atoms with Crippen LogP contribution in [0.2, 0.25) is 0 Å². The monoisotopic (exact) mass is 390 g/mol. The number of phosphoric acid groups is 1. The molecule has 12 heteroatoms. The molecular weight excluding hydrogens is 361 g/mol. The number of ether oxygens (including phenoxy) is 1. The van der Waals surface area contributed by atoms with Gasteiger partial charge in [-0.3, -0.25) is 4.52 Å². The zero-order valence-electron chi connectivity index (χ0n) is 13.8. The lowest BCUT2D eigenvalue weighted by Crippen LogP contribution is -2.61. The molecule has 1 aliphatic heterocycles. The molecule has 6 atom stereocenters. The Balaban J connectivity index is 0.000000370. The molecule has 1 aliphatic carbocycles. The van der Waals surface area contributed by atoms with Gasteiger partial charge >= 0.3 is 7.82 Å². The van der Waals surface area contributed by atoms with Crippen molar-refractivity contribution in [2.24, 2.45) is 0 Å². The van der Waals surface area contributed by atoms with E-state index in [0.29, 0.717) is 0 Å². The summed E-state index contributed by atoms with van der Waals surface area (Å²) in [6.45, 7) is -0.826. The SMILES string of the molecule is O=P(O)(O)O[C@H]1O[C@H]([C@H](O)CO)[C@@H](O)[C@H](O)[C@@H]1O.[NH3+]C1CCCCC1. The fraction of sp³-hybridized carbons (Fsp3) is 1.00. The Morgan fingerprint density at radius 2 is 1.64 bits per heavy atom. The van der Waals surface area contributed by atoms with Crippen LogP contribution in [0.15, 0.2) is 0 Å². The molecular formula is C13H29NO10P+. The highest BCUT2D eigenvalue weighted by molar-refractivity contribution is 7.46. The van der Waals surface area contributed by atoms with Gasteiger partial charge in [0.25, 0.3) is 0 Å². The third-order valence-corrected chi connectivity index (χ3v) is 4.62. The quantitative estimate of drug-likeness (QED) is 0.226. The number of hydrogen-bond donors (Lipinski definition) is 8. The number of aliphatic hydroxyl groups excluding tert-OH is 5. The summed E-state index contributed by atoms with van der Waals surface area (Å²) in [7, 11) is -5.00. The van der Waals surface area contributed by atoms with Crippen LogP contribution in [0.4, 0.5) is 0 Å². The molecule has 0 radical (unpaired) electrons. The van der Waals surface area contributed by atoms with Crippen molar-refractivity contribution in [3.63, 3.8) is 0 Å². The molecule has 0 aromatic heterocycles. The van der Waals surface area contributed by atoms with E-state index < -0.39 is 51.2 Å². The maximum absolute atomic E-state index is 10.6. The van der Waals surface area contributed by atoms with Gasteiger partial charge in [-0.05, 0) is 25.7 Å². The summed E-state index contributed by atoms with van der Waals surface area (Å²) in [5.74, 6) is 0. The van der Waals surface area contributed by atoms with Gasteiger partial charge in [-0.2, -0.15) is 0 Å². The molecule has 0 amide bonds. The van der Waals surface area contributed by atoms with Crippen molar-refractivity contribution in [2.75, 3.05) is 6.61 Å². The highest BCUT2D eigenvalue weighted by atomic mass is 31.2. The predicted octanol–water partition coefficient (Wildman–Crippen LogP) is -3.18. The number of hydrogen-bond acceptors (Lipinski definition) is 8. The zero-order valence-corrected chi connectivity index (χ0v) is 14.7. The lowest BCUT2D eigenvalue weighted by Gasteiger charge is -2.41. The third kappa shape index (κ3) is 7.53. The second-order valence-electron chi connectivity index (χ2n) is 6.29. The van der Waals surface area contributed by atoms with Crippen molar-refractivity contribution < 1.29 is 54.9 Å². The Kier molecular flexibility index (Phi) is 9.37. The van der Waals surface area contributed by atoms with Gasteiger partial charge in [-0.25, -0.2) is 4.57 Å². The van der Waals surface area contributed by atoms with Gasteiger partial charge < -0.3 is 45.8 Å². The van der Waals surface area contributed by atoms with Crippen LogP contribution in [0.25, 0.3) is 0 Å². The molecule has 0 aromatic rings. The molecule has 1 saturated heterocycles. The molecule has 1 saturated carbocycles. The number of phosphoric ester groups is 1. The van der Waals surface area contributed by atoms with E-state index in [0.717, 1.165) is 6.04 Å². The van der Waals surface area contributed by atoms with E-state index in [1.165, 1.54) is 32.1 Å². The molecule has 0 unspecified atom stereocenters. The maximum atomic E-state index is 10.6. The van der Waals surface area contributed by atoms with Crippen LogP contribution in [0.1, 0.15) is 32.1 Å². The highest BCUT2D eigenvalue weighted by Gasteiger charge is 2.48. The average molecular weight is 390 g/mol. The van der Waals surface area contributed by atoms with Crippen molar-refractivity contribution >= 4 is 7.82 Å². The van der Waals surface area contributed by atoms with E-state index in [1.807, 2.05) is 0 Å². The Bertz CT molecular complexity index is 429. The Morgan fingerprint density at radius 1 is 1.08 bits per heavy atom. The van der Waals surface area contributed by atoms with Crippen LogP contribution >= 0.6 is 7.82 Å². The van der Waals surface area contributed by atoms with Gasteiger partial charge in [0.15, 0.2) is 6.29 Å². The van der Waals surface area contributed by atoms with Gasteiger partial charge in [0.1, 0.15) is 30.5 Å². The third-order valence-electron chi connectivity index (χ3n) is 4.14. The summed E-state index contributed by atoms with van der Waals surface area (Å²) in [6, 6.07) is 0.786. The first-order valence-electron chi connectivity index (χ1n) is 8.12. The molecule has 2 fully saturated rings. The second-order valence-corrected chi connectivity index (χ2v) is 7.48. The number of rotatable bonds is 4. The molecule has 1 heterocycles. The molecule has 150 valence electrons. The molecule has 0 aromatic carbocycles. The van der Waals surface area contributed by atoms with Crippen molar-refractivity contribution in [3.05, 3.63) is 0 Å². The zero-order chi connectivity index (χ0) is 19.2. The lowest BCUT2D eigenvalue weighted by atomic mass is 9.96. The fourth-order valence-corrected chi connectivity index (χ4v) is 3.15. The topological polar surface area (TPSA) is 205 Å². The molecule has 11 nitrogen and oxygen atoms in total. The molecule has 0 bridgehead atoms. The highest BCUT2D eigenvalue weighted by Crippen LogP contribution is 2.40. The summed E-state index contributed by atoms with van der Waals surface area (Å²) < 4.78 is 19.4. The predicted molar refractivity (Wildman–Crippen MR) is 82.7 cm³/mol. The fourth-order valence-electron chi connectivity index (χ4n) is 2.71. The van der Waals surface area contributed by atoms with Crippen LogP contribution in [-0.2, 0) is 13.8 Å². The van der Waals surface area contributed by atoms with Crippen LogP contribution in [0.3, 0.4) is 0 Å². The summed E-state index contributed by atoms with van der Waals surface area (Å²) in [5.41, 5.74) is 4.00. The van der Waals surface area contributed by atoms with Crippen LogP contribution in [-0.4, -0.2) is 84.8 Å². The van der Waals surface area contributed by atoms with Gasteiger partial charge in [0.05, 0.1) is 12.6 Å². The number of quaternary nitrogens is 1. The first-order valence-corrected chi connectivity index (χ1v) is 9.65. The summed E-state index contributed by atoms with van der Waals surface area (Å²) >= 11 is 0. The van der Waals surface area contributed by atoms with E-state index in [2.05, 4.69) is 10.3 Å². The van der Waals surface area contributed by atoms with E-state index in [-0.39, 0.29) is 0 Å². The smallest absolute Gasteiger partial charge is 0.394 e. The van der Waals surface area contributed by atoms with Crippen LogP contribution in [0.5, 0.6) is 0 Å². The van der Waals surface area contributed by atoms with Crippen molar-refractivity contribution in [2.45, 2.75) is 75.0 Å². The van der Waals surface area contributed by atoms with Gasteiger partial charge in [0, 0.05) is 0 Å². The van der Waals surface area contributed by atoms with Gasteiger partial charge in [-0.1, -0.05) is 6.42 Å². The van der Waals surface area contributed by atoms with Gasteiger partial charge in [0.2, 0.25) is 0 Å². The second kappa shape index (κ2) is 10.2. The van der Waals surface area contributed by atoms with E-state index in [9.17, 15) is 25.0 Å². The van der Waals surface area contributed by atoms with Gasteiger partial charge in [-0.15, -0.1) is 0 Å². The van der Waals surface area contributed by atoms with Crippen LogP contribution in [0, 0.1) is 0 Å². The van der Waals surface area contributed by atoms with Crippen molar-refractivity contribution in [3.8, 4) is 0 Å². The minimum absolute atomic E-state index is 0.786. The maximum Gasteiger partial charge on any atom is 0.472 e. The number of aliphatic hydroxyl groups is 5. The van der Waals surface area contributed by atoms with Crippen molar-refractivity contribution in [1.82, 2.24) is 0 Å². The molecule has 2 rings (SSSR count). The van der Waals surface area contributed by atoms with Crippen LogP contribution < -0.4 is 5.73 Å². The minimum atomic E-state index is -5.00. The Morgan fingerprint density at radius 3 is 2.04 bits per heavy atom. The minimum Gasteiger partial charge on any atom is -0.394 e. The summed E-state index contributed by atoms with van der Waals surface area (Å²) in [5, 5.41) is 46.3. The normalized spacial score (nSPS) is 35.6. The van der Waals surface area contributed by atoms with Crippen molar-refractivity contribution in [1.29, 1.82) is 0 Å². The summed E-state index contributed by atoms with van der Waals surface area (Å²) in [4.78, 5) is 17.1. The summed E-state index contributed by atoms with van der Waals surface area (Å²) in [6.07, 6.45) is -3.62. The molecule has 2 aliphatic rings. The van der Waals surface area contributed by atoms with E-state index >= 15 is 0 Å². The molecule has 0 spiro atoms. The largest absolute Gasteiger partial charge is 0.472 e. The first kappa shape index (κ1) is 22.9. The molecule has 25 heavy (non-hydrogen) atoms. The van der Waals surface area contributed by atoms with E-state index in [4.69, 9.17) is 19.6 Å². The average Bonchev–Trinajstić information content (AvgIpc) is 2.55. The molecule has 10 N–H and O–H groups in total. The van der Waals surface area contributed by atoms with E-state index in [1.54, 1.807) is 0 Å². The first-order chi connectivity index (χ1) is 11.6. The standard InChI is InChI=1S/C7H15O10P.C6H13N/c8-1-2(9)6-4(11)3(10)5(12)7(16-6)17-18(13,14)15;7-6-4-2-1-3-5-6/h2-12H,1H2,(H2,13,14,15);6H,1-5,7H2/p+1/t2-,3+,4+,5+,6-,7-;/m1./s1. The Hall–Kier alpha value is -0.170. The lowest BCUT2D eigenvalue weighted by molar-refractivity contribution is -0.425. The Labute approximate surface area is 145 Å².